The Morgan fingerprint density at radius 1 is 1.26 bits per heavy atom. The van der Waals surface area contributed by atoms with Gasteiger partial charge in [-0.3, -0.25) is 0 Å². The van der Waals surface area contributed by atoms with Crippen molar-refractivity contribution in [2.75, 3.05) is 6.79 Å². The fourth-order valence-electron chi connectivity index (χ4n) is 3.01. The smallest absolute Gasteiger partial charge is 0.231 e. The standard InChI is InChI=1S/C15H21NO3/c1-10(11-4-2-3-5-11)16-8-12-6-14-15(7-13(12)17)19-9-18-14/h6-7,10-11,16-17H,2-5,8-9H2,1H3/t10-/m0/s1. The van der Waals surface area contributed by atoms with Gasteiger partial charge in [0.2, 0.25) is 6.79 Å². The molecule has 0 saturated heterocycles. The molecule has 4 heteroatoms. The summed E-state index contributed by atoms with van der Waals surface area (Å²) in [6.07, 6.45) is 5.35. The van der Waals surface area contributed by atoms with E-state index >= 15 is 0 Å². The minimum absolute atomic E-state index is 0.240. The first-order valence-corrected chi connectivity index (χ1v) is 7.09. The third kappa shape index (κ3) is 2.63. The van der Waals surface area contributed by atoms with Crippen molar-refractivity contribution in [3.8, 4) is 17.2 Å². The number of rotatable bonds is 4. The second-order valence-corrected chi connectivity index (χ2v) is 5.55. The van der Waals surface area contributed by atoms with Gasteiger partial charge in [-0.05, 0) is 31.7 Å². The van der Waals surface area contributed by atoms with Crippen LogP contribution in [0.3, 0.4) is 0 Å². The Kier molecular flexibility index (Phi) is 3.51. The van der Waals surface area contributed by atoms with Crippen molar-refractivity contribution in [3.05, 3.63) is 17.7 Å². The number of fused-ring (bicyclic) bond motifs is 1. The summed E-state index contributed by atoms with van der Waals surface area (Å²) >= 11 is 0. The second-order valence-electron chi connectivity index (χ2n) is 5.55. The lowest BCUT2D eigenvalue weighted by molar-refractivity contribution is 0.174. The quantitative estimate of drug-likeness (QED) is 0.877. The summed E-state index contributed by atoms with van der Waals surface area (Å²) in [5, 5.41) is 13.5. The third-order valence-electron chi connectivity index (χ3n) is 4.30. The number of ether oxygens (including phenoxy) is 2. The van der Waals surface area contributed by atoms with Crippen molar-refractivity contribution in [3.63, 3.8) is 0 Å². The first-order valence-electron chi connectivity index (χ1n) is 7.09. The van der Waals surface area contributed by atoms with E-state index in [0.717, 1.165) is 17.2 Å². The van der Waals surface area contributed by atoms with Crippen LogP contribution in [0.25, 0.3) is 0 Å². The topological polar surface area (TPSA) is 50.7 Å². The molecule has 4 nitrogen and oxygen atoms in total. The molecule has 104 valence electrons. The van der Waals surface area contributed by atoms with Crippen LogP contribution in [0.4, 0.5) is 0 Å². The van der Waals surface area contributed by atoms with Crippen molar-refractivity contribution in [2.24, 2.45) is 5.92 Å². The van der Waals surface area contributed by atoms with Gasteiger partial charge in [0.05, 0.1) is 0 Å². The summed E-state index contributed by atoms with van der Waals surface area (Å²) in [6.45, 7) is 3.14. The van der Waals surface area contributed by atoms with Gasteiger partial charge in [-0.15, -0.1) is 0 Å². The Morgan fingerprint density at radius 2 is 1.95 bits per heavy atom. The van der Waals surface area contributed by atoms with Gasteiger partial charge in [-0.25, -0.2) is 0 Å². The van der Waals surface area contributed by atoms with E-state index in [1.807, 2.05) is 6.07 Å². The van der Waals surface area contributed by atoms with Gasteiger partial charge in [0, 0.05) is 24.2 Å². The molecule has 1 saturated carbocycles. The highest BCUT2D eigenvalue weighted by molar-refractivity contribution is 5.51. The molecule has 1 aromatic carbocycles. The molecule has 2 aliphatic rings. The Labute approximate surface area is 113 Å². The van der Waals surface area contributed by atoms with Crippen LogP contribution in [0.5, 0.6) is 17.2 Å². The van der Waals surface area contributed by atoms with E-state index < -0.39 is 0 Å². The van der Waals surface area contributed by atoms with Crippen LogP contribution >= 0.6 is 0 Å². The van der Waals surface area contributed by atoms with Gasteiger partial charge in [0.1, 0.15) is 5.75 Å². The number of phenolic OH excluding ortho intramolecular Hbond substituents is 1. The molecule has 1 fully saturated rings. The largest absolute Gasteiger partial charge is 0.507 e. The van der Waals surface area contributed by atoms with Crippen molar-refractivity contribution in [1.29, 1.82) is 0 Å². The molecule has 1 atom stereocenters. The van der Waals surface area contributed by atoms with Crippen molar-refractivity contribution in [2.45, 2.75) is 45.2 Å². The first kappa shape index (κ1) is 12.6. The SMILES string of the molecule is C[C@H](NCc1cc2c(cc1O)OCO2)C1CCCC1. The van der Waals surface area contributed by atoms with E-state index in [-0.39, 0.29) is 12.5 Å². The monoisotopic (exact) mass is 263 g/mol. The van der Waals surface area contributed by atoms with Crippen molar-refractivity contribution >= 4 is 0 Å². The van der Waals surface area contributed by atoms with Gasteiger partial charge >= 0.3 is 0 Å². The maximum absolute atomic E-state index is 9.98. The molecule has 0 radical (unpaired) electrons. The fourth-order valence-corrected chi connectivity index (χ4v) is 3.01. The van der Waals surface area contributed by atoms with Crippen LogP contribution in [0.2, 0.25) is 0 Å². The van der Waals surface area contributed by atoms with Crippen LogP contribution in [0.15, 0.2) is 12.1 Å². The average Bonchev–Trinajstić information content (AvgIpc) is 3.06. The lowest BCUT2D eigenvalue weighted by Crippen LogP contribution is -2.31. The minimum Gasteiger partial charge on any atom is -0.507 e. The molecule has 1 aliphatic carbocycles. The molecule has 0 unspecified atom stereocenters. The maximum Gasteiger partial charge on any atom is 0.231 e. The minimum atomic E-state index is 0.240. The number of benzene rings is 1. The summed E-state index contributed by atoms with van der Waals surface area (Å²) in [4.78, 5) is 0. The summed E-state index contributed by atoms with van der Waals surface area (Å²) in [7, 11) is 0. The Morgan fingerprint density at radius 3 is 2.68 bits per heavy atom. The van der Waals surface area contributed by atoms with E-state index in [9.17, 15) is 5.11 Å². The summed E-state index contributed by atoms with van der Waals surface area (Å²) in [5.41, 5.74) is 0.870. The molecule has 0 amide bonds. The average molecular weight is 263 g/mol. The van der Waals surface area contributed by atoms with E-state index in [4.69, 9.17) is 9.47 Å². The van der Waals surface area contributed by atoms with Crippen LogP contribution in [0.1, 0.15) is 38.2 Å². The van der Waals surface area contributed by atoms with Gasteiger partial charge in [-0.2, -0.15) is 0 Å². The Hall–Kier alpha value is -1.42. The zero-order chi connectivity index (χ0) is 13.2. The molecule has 1 aliphatic heterocycles. The molecule has 1 aromatic rings. The van der Waals surface area contributed by atoms with Gasteiger partial charge in [-0.1, -0.05) is 12.8 Å². The Bertz CT molecular complexity index is 455. The summed E-state index contributed by atoms with van der Waals surface area (Å²) in [6, 6.07) is 4.00. The van der Waals surface area contributed by atoms with Crippen molar-refractivity contribution in [1.82, 2.24) is 5.32 Å². The van der Waals surface area contributed by atoms with Crippen LogP contribution < -0.4 is 14.8 Å². The third-order valence-corrected chi connectivity index (χ3v) is 4.30. The molecular formula is C15H21NO3. The molecule has 19 heavy (non-hydrogen) atoms. The lowest BCUT2D eigenvalue weighted by Gasteiger charge is -2.20. The van der Waals surface area contributed by atoms with E-state index in [1.54, 1.807) is 6.07 Å². The normalized spacial score (nSPS) is 19.8. The van der Waals surface area contributed by atoms with Crippen molar-refractivity contribution < 1.29 is 14.6 Å². The van der Waals surface area contributed by atoms with E-state index in [1.165, 1.54) is 25.7 Å². The zero-order valence-corrected chi connectivity index (χ0v) is 11.3. The molecule has 3 rings (SSSR count). The summed E-state index contributed by atoms with van der Waals surface area (Å²) < 4.78 is 10.6. The maximum atomic E-state index is 9.98. The predicted octanol–water partition coefficient (Wildman–Crippen LogP) is 2.79. The molecule has 0 spiro atoms. The van der Waals surface area contributed by atoms with Crippen LogP contribution in [-0.2, 0) is 6.54 Å². The number of hydrogen-bond acceptors (Lipinski definition) is 4. The molecule has 2 N–H and O–H groups in total. The highest BCUT2D eigenvalue weighted by atomic mass is 16.7. The number of nitrogens with one attached hydrogen (secondary N) is 1. The number of hydrogen-bond donors (Lipinski definition) is 2. The number of aromatic hydroxyl groups is 1. The fraction of sp³-hybridized carbons (Fsp3) is 0.600. The van der Waals surface area contributed by atoms with E-state index in [0.29, 0.717) is 18.3 Å². The molecule has 1 heterocycles. The lowest BCUT2D eigenvalue weighted by atomic mass is 9.99. The van der Waals surface area contributed by atoms with Gasteiger partial charge in [0.15, 0.2) is 11.5 Å². The molecule has 0 aromatic heterocycles. The molecule has 0 bridgehead atoms. The zero-order valence-electron chi connectivity index (χ0n) is 11.3. The van der Waals surface area contributed by atoms with Crippen LogP contribution in [-0.4, -0.2) is 17.9 Å². The first-order chi connectivity index (χ1) is 9.24. The molecular weight excluding hydrogens is 242 g/mol. The number of phenols is 1. The highest BCUT2D eigenvalue weighted by Crippen LogP contribution is 2.37. The second kappa shape index (κ2) is 5.29. The summed E-state index contributed by atoms with van der Waals surface area (Å²) in [5.74, 6) is 2.40. The van der Waals surface area contributed by atoms with Gasteiger partial charge in [0.25, 0.3) is 0 Å². The highest BCUT2D eigenvalue weighted by Gasteiger charge is 2.22. The van der Waals surface area contributed by atoms with Crippen LogP contribution in [0, 0.1) is 5.92 Å². The van der Waals surface area contributed by atoms with Gasteiger partial charge < -0.3 is 19.9 Å². The Balaban J connectivity index is 1.63. The predicted molar refractivity (Wildman–Crippen MR) is 72.5 cm³/mol. The van der Waals surface area contributed by atoms with E-state index in [2.05, 4.69) is 12.2 Å².